The van der Waals surface area contributed by atoms with Crippen molar-refractivity contribution in [2.75, 3.05) is 0 Å². The number of hydrogen-bond donors (Lipinski definition) is 0. The van der Waals surface area contributed by atoms with Crippen LogP contribution in [-0.4, -0.2) is 30.6 Å². The van der Waals surface area contributed by atoms with Crippen LogP contribution in [0.15, 0.2) is 84.9 Å². The predicted octanol–water partition coefficient (Wildman–Crippen LogP) is 4.85. The van der Waals surface area contributed by atoms with E-state index >= 15 is 0 Å². The quantitative estimate of drug-likeness (QED) is 0.423. The second-order valence-corrected chi connectivity index (χ2v) is 7.02. The Hall–Kier alpha value is -4.32. The highest BCUT2D eigenvalue weighted by molar-refractivity contribution is 6.01. The van der Waals surface area contributed by atoms with Crippen molar-refractivity contribution in [2.24, 2.45) is 0 Å². The van der Waals surface area contributed by atoms with Crippen LogP contribution in [0.1, 0.15) is 0 Å². The minimum absolute atomic E-state index is 0.636. The molecule has 0 bridgehead atoms. The van der Waals surface area contributed by atoms with E-state index in [4.69, 9.17) is 0 Å². The zero-order chi connectivity index (χ0) is 19.9. The maximum atomic E-state index is 4.52. The van der Waals surface area contributed by atoms with Crippen LogP contribution < -0.4 is 0 Å². The third-order valence-electron chi connectivity index (χ3n) is 5.16. The van der Waals surface area contributed by atoms with Crippen molar-refractivity contribution in [3.05, 3.63) is 84.9 Å². The SMILES string of the molecule is c1ccc2nnc(-c3nnc4ccccc4c3-c3cc4ccccc4nn3)cc2c1. The van der Waals surface area contributed by atoms with Gasteiger partial charge in [0.1, 0.15) is 11.4 Å². The molecule has 3 aromatic carbocycles. The van der Waals surface area contributed by atoms with E-state index in [1.54, 1.807) is 0 Å². The van der Waals surface area contributed by atoms with Crippen molar-refractivity contribution < 1.29 is 0 Å². The molecule has 6 aromatic rings. The van der Waals surface area contributed by atoms with Gasteiger partial charge in [-0.2, -0.15) is 0 Å². The maximum Gasteiger partial charge on any atom is 0.123 e. The van der Waals surface area contributed by atoms with Gasteiger partial charge in [0.05, 0.1) is 22.2 Å². The van der Waals surface area contributed by atoms with Crippen LogP contribution in [0.25, 0.3) is 55.4 Å². The zero-order valence-electron chi connectivity index (χ0n) is 15.8. The van der Waals surface area contributed by atoms with Gasteiger partial charge in [0, 0.05) is 21.7 Å². The van der Waals surface area contributed by atoms with Crippen LogP contribution in [-0.2, 0) is 0 Å². The van der Waals surface area contributed by atoms with Crippen molar-refractivity contribution >= 4 is 32.7 Å². The first kappa shape index (κ1) is 16.6. The smallest absolute Gasteiger partial charge is 0.123 e. The van der Waals surface area contributed by atoms with Gasteiger partial charge in [0.15, 0.2) is 0 Å². The summed E-state index contributed by atoms with van der Waals surface area (Å²) in [4.78, 5) is 0. The number of nitrogens with zero attached hydrogens (tertiary/aromatic N) is 6. The number of benzene rings is 3. The van der Waals surface area contributed by atoms with E-state index in [1.165, 1.54) is 0 Å². The van der Waals surface area contributed by atoms with Gasteiger partial charge in [-0.05, 0) is 30.3 Å². The summed E-state index contributed by atoms with van der Waals surface area (Å²) in [6.45, 7) is 0. The Labute approximate surface area is 171 Å². The molecule has 6 nitrogen and oxygen atoms in total. The lowest BCUT2D eigenvalue weighted by Gasteiger charge is -2.11. The van der Waals surface area contributed by atoms with E-state index in [-0.39, 0.29) is 0 Å². The molecule has 6 rings (SSSR count). The van der Waals surface area contributed by atoms with E-state index < -0.39 is 0 Å². The van der Waals surface area contributed by atoms with Crippen molar-refractivity contribution in [1.82, 2.24) is 30.6 Å². The van der Waals surface area contributed by atoms with Crippen LogP contribution in [0, 0.1) is 0 Å². The molecule has 0 fully saturated rings. The molecule has 6 heteroatoms. The maximum absolute atomic E-state index is 4.52. The molecule has 0 spiro atoms. The summed E-state index contributed by atoms with van der Waals surface area (Å²) < 4.78 is 0. The minimum atomic E-state index is 0.636. The first-order valence-electron chi connectivity index (χ1n) is 9.58. The van der Waals surface area contributed by atoms with Gasteiger partial charge in [-0.1, -0.05) is 54.6 Å². The highest BCUT2D eigenvalue weighted by atomic mass is 15.2. The van der Waals surface area contributed by atoms with E-state index in [9.17, 15) is 0 Å². The van der Waals surface area contributed by atoms with Gasteiger partial charge in [0.2, 0.25) is 0 Å². The normalized spacial score (nSPS) is 11.3. The Morgan fingerprint density at radius 2 is 0.967 bits per heavy atom. The fourth-order valence-corrected chi connectivity index (χ4v) is 3.70. The Bertz CT molecular complexity index is 1560. The van der Waals surface area contributed by atoms with E-state index in [1.807, 2.05) is 84.9 Å². The number of aromatic nitrogens is 6. The monoisotopic (exact) mass is 386 g/mol. The van der Waals surface area contributed by atoms with Gasteiger partial charge < -0.3 is 0 Å². The van der Waals surface area contributed by atoms with Crippen molar-refractivity contribution in [2.45, 2.75) is 0 Å². The van der Waals surface area contributed by atoms with Gasteiger partial charge >= 0.3 is 0 Å². The van der Waals surface area contributed by atoms with Crippen LogP contribution in [0.3, 0.4) is 0 Å². The second-order valence-electron chi connectivity index (χ2n) is 7.02. The lowest BCUT2D eigenvalue weighted by Crippen LogP contribution is -2.00. The molecule has 0 N–H and O–H groups in total. The molecule has 0 aliphatic rings. The van der Waals surface area contributed by atoms with Gasteiger partial charge in [-0.25, -0.2) is 0 Å². The lowest BCUT2D eigenvalue weighted by molar-refractivity contribution is 1.02. The topological polar surface area (TPSA) is 77.3 Å². The van der Waals surface area contributed by atoms with Gasteiger partial charge in [-0.3, -0.25) is 0 Å². The highest BCUT2D eigenvalue weighted by Gasteiger charge is 2.18. The van der Waals surface area contributed by atoms with Crippen LogP contribution >= 0.6 is 0 Å². The molecular weight excluding hydrogens is 372 g/mol. The number of fused-ring (bicyclic) bond motifs is 3. The Balaban J connectivity index is 1.67. The molecule has 0 unspecified atom stereocenters. The summed E-state index contributed by atoms with van der Waals surface area (Å²) in [5.41, 5.74) is 5.34. The Morgan fingerprint density at radius 3 is 1.70 bits per heavy atom. The number of rotatable bonds is 2. The molecule has 3 aromatic heterocycles. The zero-order valence-corrected chi connectivity index (χ0v) is 15.8. The van der Waals surface area contributed by atoms with Crippen molar-refractivity contribution in [3.63, 3.8) is 0 Å². The summed E-state index contributed by atoms with van der Waals surface area (Å²) in [7, 11) is 0. The Kier molecular flexibility index (Phi) is 3.67. The first-order valence-corrected chi connectivity index (χ1v) is 9.58. The lowest BCUT2D eigenvalue weighted by atomic mass is 10.0. The molecule has 0 saturated heterocycles. The first-order chi connectivity index (χ1) is 14.9. The molecule has 30 heavy (non-hydrogen) atoms. The predicted molar refractivity (Wildman–Crippen MR) is 117 cm³/mol. The minimum Gasteiger partial charge on any atom is -0.150 e. The van der Waals surface area contributed by atoms with E-state index in [0.29, 0.717) is 11.4 Å². The average Bonchev–Trinajstić information content (AvgIpc) is 2.82. The molecule has 140 valence electrons. The van der Waals surface area contributed by atoms with E-state index in [0.717, 1.165) is 44.0 Å². The van der Waals surface area contributed by atoms with Gasteiger partial charge in [0.25, 0.3) is 0 Å². The molecule has 0 aliphatic carbocycles. The standard InChI is InChI=1S/C24H14N6/c1-4-10-18-15(7-1)13-21(28-25-18)23-17-9-3-6-12-20(17)27-30-24(23)22-14-16-8-2-5-11-19(16)26-29-22/h1-14H. The molecule has 0 aliphatic heterocycles. The summed E-state index contributed by atoms with van der Waals surface area (Å²) in [5, 5.41) is 29.6. The second kappa shape index (κ2) is 6.63. The molecule has 0 saturated carbocycles. The van der Waals surface area contributed by atoms with Crippen LogP contribution in [0.2, 0.25) is 0 Å². The number of hydrogen-bond acceptors (Lipinski definition) is 6. The van der Waals surface area contributed by atoms with E-state index in [2.05, 4.69) is 30.6 Å². The fraction of sp³-hybridized carbons (Fsp3) is 0. The molecule has 3 heterocycles. The third-order valence-corrected chi connectivity index (χ3v) is 5.16. The van der Waals surface area contributed by atoms with Crippen LogP contribution in [0.4, 0.5) is 0 Å². The largest absolute Gasteiger partial charge is 0.150 e. The van der Waals surface area contributed by atoms with Crippen LogP contribution in [0.5, 0.6) is 0 Å². The fourth-order valence-electron chi connectivity index (χ4n) is 3.70. The molecule has 0 amide bonds. The summed E-state index contributed by atoms with van der Waals surface area (Å²) in [5.74, 6) is 0. The van der Waals surface area contributed by atoms with Crippen molar-refractivity contribution in [3.8, 4) is 22.6 Å². The Morgan fingerprint density at radius 1 is 0.433 bits per heavy atom. The van der Waals surface area contributed by atoms with Gasteiger partial charge in [-0.15, -0.1) is 30.6 Å². The summed E-state index contributed by atoms with van der Waals surface area (Å²) >= 11 is 0. The summed E-state index contributed by atoms with van der Waals surface area (Å²) in [6, 6.07) is 27.7. The highest BCUT2D eigenvalue weighted by Crippen LogP contribution is 2.35. The third kappa shape index (κ3) is 2.66. The molecular formula is C24H14N6. The average molecular weight is 386 g/mol. The summed E-state index contributed by atoms with van der Waals surface area (Å²) in [6.07, 6.45) is 0. The van der Waals surface area contributed by atoms with Crippen molar-refractivity contribution in [1.29, 1.82) is 0 Å². The molecule has 0 atom stereocenters. The molecule has 0 radical (unpaired) electrons.